The zero-order valence-corrected chi connectivity index (χ0v) is 13.1. The van der Waals surface area contributed by atoms with Gasteiger partial charge in [0, 0.05) is 14.2 Å². The first-order valence-corrected chi connectivity index (χ1v) is 7.40. The summed E-state index contributed by atoms with van der Waals surface area (Å²) in [5, 5.41) is 1.88. The summed E-state index contributed by atoms with van der Waals surface area (Å²) in [4.78, 5) is 6.10. The van der Waals surface area contributed by atoms with Gasteiger partial charge in [0.05, 0.1) is 17.6 Å². The highest BCUT2D eigenvalue weighted by Crippen LogP contribution is 2.48. The molecule has 1 aliphatic heterocycles. The number of para-hydroxylation sites is 1. The maximum absolute atomic E-state index is 6.10. The van der Waals surface area contributed by atoms with Crippen LogP contribution in [0.4, 0.5) is 5.69 Å². The van der Waals surface area contributed by atoms with Crippen molar-refractivity contribution in [2.45, 2.75) is 18.9 Å². The van der Waals surface area contributed by atoms with Gasteiger partial charge in [0.15, 0.2) is 0 Å². The number of methoxy groups -OCH3 is 2. The van der Waals surface area contributed by atoms with Gasteiger partial charge in [-0.1, -0.05) is 55.5 Å². The molecule has 1 aliphatic rings. The maximum Gasteiger partial charge on any atom is 0.309 e. The lowest BCUT2D eigenvalue weighted by atomic mass is 9.93. The molecule has 0 N–H and O–H groups in total. The van der Waals surface area contributed by atoms with Gasteiger partial charge in [-0.25, -0.2) is 9.90 Å². The summed E-state index contributed by atoms with van der Waals surface area (Å²) in [6.07, 6.45) is 0. The Morgan fingerprint density at radius 1 is 0.909 bits per heavy atom. The maximum atomic E-state index is 6.10. The quantitative estimate of drug-likeness (QED) is 0.804. The van der Waals surface area contributed by atoms with Crippen molar-refractivity contribution in [3.05, 3.63) is 66.2 Å². The van der Waals surface area contributed by atoms with Crippen molar-refractivity contribution >= 4 is 5.69 Å². The second-order valence-electron chi connectivity index (χ2n) is 5.41. The minimum Gasteiger partial charge on any atom is -0.329 e. The average molecular weight is 299 g/mol. The third-order valence-corrected chi connectivity index (χ3v) is 4.23. The molecule has 0 unspecified atom stereocenters. The molecule has 1 fully saturated rings. The fraction of sp³-hybridized carbons (Fsp3) is 0.333. The van der Waals surface area contributed by atoms with E-state index in [1.54, 1.807) is 14.2 Å². The number of anilines is 1. The first-order valence-electron chi connectivity index (χ1n) is 7.40. The third kappa shape index (κ3) is 2.39. The lowest BCUT2D eigenvalue weighted by Gasteiger charge is -2.27. The van der Waals surface area contributed by atoms with Gasteiger partial charge in [-0.3, -0.25) is 0 Å². The molecular formula is C18H21NO3. The molecule has 4 nitrogen and oxygen atoms in total. The van der Waals surface area contributed by atoms with Gasteiger partial charge in [-0.2, -0.15) is 0 Å². The Balaban J connectivity index is 2.06. The van der Waals surface area contributed by atoms with E-state index in [2.05, 4.69) is 19.1 Å². The van der Waals surface area contributed by atoms with Crippen LogP contribution >= 0.6 is 0 Å². The van der Waals surface area contributed by atoms with Crippen LogP contribution in [-0.2, 0) is 14.3 Å². The Labute approximate surface area is 131 Å². The van der Waals surface area contributed by atoms with E-state index >= 15 is 0 Å². The first-order chi connectivity index (χ1) is 10.7. The van der Waals surface area contributed by atoms with Crippen LogP contribution in [0.3, 0.4) is 0 Å². The highest BCUT2D eigenvalue weighted by Gasteiger charge is 2.54. The highest BCUT2D eigenvalue weighted by atomic mass is 16.9. The third-order valence-electron chi connectivity index (χ3n) is 4.23. The first kappa shape index (κ1) is 15.0. The van der Waals surface area contributed by atoms with Crippen LogP contribution in [0.25, 0.3) is 0 Å². The smallest absolute Gasteiger partial charge is 0.309 e. The Kier molecular flexibility index (Phi) is 4.16. The molecule has 3 rings (SSSR count). The van der Waals surface area contributed by atoms with E-state index in [0.717, 1.165) is 11.3 Å². The van der Waals surface area contributed by atoms with Crippen molar-refractivity contribution in [1.29, 1.82) is 0 Å². The molecule has 4 heteroatoms. The monoisotopic (exact) mass is 299 g/mol. The Morgan fingerprint density at radius 2 is 1.45 bits per heavy atom. The van der Waals surface area contributed by atoms with Gasteiger partial charge >= 0.3 is 5.97 Å². The molecule has 0 bridgehead atoms. The van der Waals surface area contributed by atoms with E-state index in [0.29, 0.717) is 0 Å². The van der Waals surface area contributed by atoms with E-state index in [1.807, 2.05) is 53.6 Å². The molecular weight excluding hydrogens is 278 g/mol. The minimum absolute atomic E-state index is 0.00324. The SMILES string of the molecule is COC1(OC)ON(c2ccccc2)[C@@H](c2ccccc2)[C@H]1C. The summed E-state index contributed by atoms with van der Waals surface area (Å²) >= 11 is 0. The van der Waals surface area contributed by atoms with Crippen molar-refractivity contribution in [3.8, 4) is 0 Å². The molecule has 0 saturated carbocycles. The Hall–Kier alpha value is -1.88. The van der Waals surface area contributed by atoms with Gasteiger partial charge in [0.1, 0.15) is 0 Å². The molecule has 2 aromatic carbocycles. The van der Waals surface area contributed by atoms with Crippen LogP contribution in [0.5, 0.6) is 0 Å². The molecule has 0 spiro atoms. The number of nitrogens with zero attached hydrogens (tertiary/aromatic N) is 1. The van der Waals surface area contributed by atoms with E-state index < -0.39 is 5.97 Å². The fourth-order valence-corrected chi connectivity index (χ4v) is 3.07. The fourth-order valence-electron chi connectivity index (χ4n) is 3.07. The second-order valence-corrected chi connectivity index (χ2v) is 5.41. The summed E-state index contributed by atoms with van der Waals surface area (Å²) in [7, 11) is 3.22. The lowest BCUT2D eigenvalue weighted by Crippen LogP contribution is -2.39. The van der Waals surface area contributed by atoms with Crippen molar-refractivity contribution in [3.63, 3.8) is 0 Å². The van der Waals surface area contributed by atoms with Gasteiger partial charge in [0.2, 0.25) is 0 Å². The minimum atomic E-state index is -1.09. The largest absolute Gasteiger partial charge is 0.329 e. The molecule has 1 heterocycles. The Morgan fingerprint density at radius 3 is 2.00 bits per heavy atom. The number of hydrogen-bond donors (Lipinski definition) is 0. The lowest BCUT2D eigenvalue weighted by molar-refractivity contribution is -0.361. The number of hydroxylamine groups is 1. The van der Waals surface area contributed by atoms with Crippen molar-refractivity contribution in [1.82, 2.24) is 0 Å². The molecule has 0 aromatic heterocycles. The van der Waals surface area contributed by atoms with E-state index in [-0.39, 0.29) is 12.0 Å². The molecule has 0 aliphatic carbocycles. The van der Waals surface area contributed by atoms with Crippen LogP contribution in [0, 0.1) is 5.92 Å². The van der Waals surface area contributed by atoms with Crippen LogP contribution in [-0.4, -0.2) is 20.2 Å². The van der Waals surface area contributed by atoms with Crippen LogP contribution < -0.4 is 5.06 Å². The number of benzene rings is 2. The molecule has 0 radical (unpaired) electrons. The van der Waals surface area contributed by atoms with Crippen molar-refractivity contribution in [2.24, 2.45) is 5.92 Å². The summed E-state index contributed by atoms with van der Waals surface area (Å²) in [5.74, 6) is -1.10. The van der Waals surface area contributed by atoms with Crippen LogP contribution in [0.15, 0.2) is 60.7 Å². The van der Waals surface area contributed by atoms with Gasteiger partial charge < -0.3 is 9.47 Å². The normalized spacial score (nSPS) is 23.7. The molecule has 116 valence electrons. The zero-order chi connectivity index (χ0) is 15.6. The summed E-state index contributed by atoms with van der Waals surface area (Å²) in [6.45, 7) is 2.08. The van der Waals surface area contributed by atoms with E-state index in [4.69, 9.17) is 14.3 Å². The summed E-state index contributed by atoms with van der Waals surface area (Å²) < 4.78 is 11.2. The number of rotatable bonds is 4. The highest BCUT2D eigenvalue weighted by molar-refractivity contribution is 5.47. The molecule has 22 heavy (non-hydrogen) atoms. The Bertz CT molecular complexity index is 598. The van der Waals surface area contributed by atoms with Crippen molar-refractivity contribution < 1.29 is 14.3 Å². The summed E-state index contributed by atoms with van der Waals surface area (Å²) in [6, 6.07) is 20.3. The van der Waals surface area contributed by atoms with E-state index in [9.17, 15) is 0 Å². The predicted octanol–water partition coefficient (Wildman–Crippen LogP) is 3.76. The van der Waals surface area contributed by atoms with Gasteiger partial charge in [-0.15, -0.1) is 0 Å². The molecule has 2 aromatic rings. The van der Waals surface area contributed by atoms with E-state index in [1.165, 1.54) is 0 Å². The topological polar surface area (TPSA) is 30.9 Å². The van der Waals surface area contributed by atoms with Crippen LogP contribution in [0.2, 0.25) is 0 Å². The number of ether oxygens (including phenoxy) is 2. The molecule has 1 saturated heterocycles. The van der Waals surface area contributed by atoms with Crippen LogP contribution in [0.1, 0.15) is 18.5 Å². The summed E-state index contributed by atoms with van der Waals surface area (Å²) in [5.41, 5.74) is 2.13. The standard InChI is InChI=1S/C18H21NO3/c1-14-17(15-10-6-4-7-11-15)19(16-12-8-5-9-13-16)22-18(14,20-2)21-3/h4-14,17H,1-3H3/t14-,17-/m1/s1. The average Bonchev–Trinajstić information content (AvgIpc) is 2.90. The predicted molar refractivity (Wildman–Crippen MR) is 85.1 cm³/mol. The number of hydrogen-bond acceptors (Lipinski definition) is 4. The van der Waals surface area contributed by atoms with Crippen molar-refractivity contribution in [2.75, 3.05) is 19.3 Å². The molecule has 0 amide bonds. The second kappa shape index (κ2) is 6.08. The van der Waals surface area contributed by atoms with Gasteiger partial charge in [-0.05, 0) is 17.7 Å². The van der Waals surface area contributed by atoms with Gasteiger partial charge in [0.25, 0.3) is 0 Å². The zero-order valence-electron chi connectivity index (χ0n) is 13.1. The molecule has 2 atom stereocenters.